The van der Waals surface area contributed by atoms with Gasteiger partial charge in [-0.25, -0.2) is 18.7 Å². The van der Waals surface area contributed by atoms with Crippen molar-refractivity contribution in [2.45, 2.75) is 82.6 Å². The van der Waals surface area contributed by atoms with Gasteiger partial charge in [0.25, 0.3) is 5.91 Å². The average Bonchev–Trinajstić information content (AvgIpc) is 3.55. The minimum absolute atomic E-state index is 0.0561. The molecule has 3 fully saturated rings. The van der Waals surface area contributed by atoms with E-state index in [-0.39, 0.29) is 54.6 Å². The van der Waals surface area contributed by atoms with Gasteiger partial charge in [-0.05, 0) is 70.2 Å². The van der Waals surface area contributed by atoms with Gasteiger partial charge in [-0.1, -0.05) is 19.1 Å². The Morgan fingerprint density at radius 2 is 1.73 bits per heavy atom. The van der Waals surface area contributed by atoms with E-state index >= 15 is 8.78 Å². The van der Waals surface area contributed by atoms with E-state index in [1.54, 1.807) is 30.1 Å². The third-order valence-corrected chi connectivity index (χ3v) is 13.3. The van der Waals surface area contributed by atoms with Crippen molar-refractivity contribution in [3.8, 4) is 0 Å². The van der Waals surface area contributed by atoms with Crippen LogP contribution in [0.1, 0.15) is 86.0 Å². The molecular weight excluding hydrogens is 829 g/mol. The van der Waals surface area contributed by atoms with Crippen LogP contribution in [0.3, 0.4) is 0 Å². The number of halogens is 2. The maximum Gasteiger partial charge on any atom is 0.259 e. The van der Waals surface area contributed by atoms with Crippen molar-refractivity contribution in [3.05, 3.63) is 71.1 Å². The molecule has 17 nitrogen and oxygen atoms in total. The molecule has 0 radical (unpaired) electrons. The highest BCUT2D eigenvalue weighted by Gasteiger charge is 2.44. The molecular formula is C45H59F2N11O6. The van der Waals surface area contributed by atoms with Crippen molar-refractivity contribution in [2.75, 3.05) is 86.9 Å². The van der Waals surface area contributed by atoms with Crippen LogP contribution in [0.15, 0.2) is 42.7 Å². The Morgan fingerprint density at radius 1 is 0.984 bits per heavy atom. The molecule has 19 heteroatoms. The summed E-state index contributed by atoms with van der Waals surface area (Å²) < 4.78 is 31.5. The molecule has 2 aromatic carbocycles. The lowest BCUT2D eigenvalue weighted by Crippen LogP contribution is -2.66. The summed E-state index contributed by atoms with van der Waals surface area (Å²) in [6.45, 7) is 5.65. The molecule has 4 aliphatic rings. The number of piperidine rings is 2. The summed E-state index contributed by atoms with van der Waals surface area (Å²) in [7, 11) is 3.23. The van der Waals surface area contributed by atoms with Crippen molar-refractivity contribution in [1.29, 1.82) is 0 Å². The topological polar surface area (TPSA) is 204 Å². The maximum atomic E-state index is 15.8. The highest BCUT2D eigenvalue weighted by atomic mass is 19.1. The smallest absolute Gasteiger partial charge is 0.259 e. The largest absolute Gasteiger partial charge is 0.384 e. The predicted molar refractivity (Wildman–Crippen MR) is 237 cm³/mol. The van der Waals surface area contributed by atoms with E-state index in [0.29, 0.717) is 108 Å². The van der Waals surface area contributed by atoms with Crippen LogP contribution in [-0.4, -0.2) is 133 Å². The number of anilines is 4. The van der Waals surface area contributed by atoms with Gasteiger partial charge in [0.05, 0.1) is 23.3 Å². The van der Waals surface area contributed by atoms with Gasteiger partial charge in [-0.3, -0.25) is 29.0 Å². The summed E-state index contributed by atoms with van der Waals surface area (Å²) in [5, 5.41) is 26.0. The SMILES string of the molecule is CNC(=O)C(CCC=O)N1C(=O)c2c(NCCCCNC(=O)C3(C)CCN(Cc4cc(F)c(N5CC(=O)NC6(CCN(c7cc(NC)ncn7)CC6)C5)cc4F)CC3)cccc2C1O. The molecule has 344 valence electrons. The molecule has 4 amide bonds. The summed E-state index contributed by atoms with van der Waals surface area (Å²) in [5.74, 6) is -0.896. The lowest BCUT2D eigenvalue weighted by atomic mass is 9.79. The first-order chi connectivity index (χ1) is 30.8. The molecule has 0 aliphatic carbocycles. The second-order valence-corrected chi connectivity index (χ2v) is 17.5. The van der Waals surface area contributed by atoms with Crippen molar-refractivity contribution < 1.29 is 37.9 Å². The molecule has 0 saturated carbocycles. The summed E-state index contributed by atoms with van der Waals surface area (Å²) >= 11 is 0. The molecule has 0 bridgehead atoms. The highest BCUT2D eigenvalue weighted by molar-refractivity contribution is 6.06. The predicted octanol–water partition coefficient (Wildman–Crippen LogP) is 2.92. The summed E-state index contributed by atoms with van der Waals surface area (Å²) in [5.41, 5.74) is 0.271. The molecule has 64 heavy (non-hydrogen) atoms. The zero-order valence-electron chi connectivity index (χ0n) is 36.7. The van der Waals surface area contributed by atoms with Crippen LogP contribution >= 0.6 is 0 Å². The fourth-order valence-corrected chi connectivity index (χ4v) is 9.41. The van der Waals surface area contributed by atoms with Crippen molar-refractivity contribution in [3.63, 3.8) is 0 Å². The maximum absolute atomic E-state index is 15.8. The lowest BCUT2D eigenvalue weighted by Gasteiger charge is -2.48. The minimum atomic E-state index is -1.33. The van der Waals surface area contributed by atoms with Gasteiger partial charge in [-0.15, -0.1) is 0 Å². The van der Waals surface area contributed by atoms with Gasteiger partial charge in [-0.2, -0.15) is 0 Å². The van der Waals surface area contributed by atoms with Gasteiger partial charge in [0.15, 0.2) is 6.23 Å². The highest BCUT2D eigenvalue weighted by Crippen LogP contribution is 2.39. The zero-order chi connectivity index (χ0) is 45.6. The number of rotatable bonds is 17. The van der Waals surface area contributed by atoms with Gasteiger partial charge in [0.1, 0.15) is 41.9 Å². The number of hydrogen-bond donors (Lipinski definition) is 6. The summed E-state index contributed by atoms with van der Waals surface area (Å²) in [6, 6.07) is 8.40. The van der Waals surface area contributed by atoms with Crippen LogP contribution in [-0.2, 0) is 25.7 Å². The van der Waals surface area contributed by atoms with Crippen LogP contribution in [0, 0.1) is 17.0 Å². The van der Waals surface area contributed by atoms with Crippen LogP contribution < -0.4 is 36.4 Å². The van der Waals surface area contributed by atoms with Gasteiger partial charge in [0, 0.05) is 94.1 Å². The number of unbranched alkanes of at least 4 members (excludes halogenated alkanes) is 1. The molecule has 2 atom stereocenters. The number of likely N-dealkylation sites (N-methyl/N-ethyl adjacent to an activating group) is 1. The van der Waals surface area contributed by atoms with Crippen LogP contribution in [0.25, 0.3) is 0 Å². The minimum Gasteiger partial charge on any atom is -0.384 e. The number of piperazine rings is 1. The number of aliphatic hydroxyl groups excluding tert-OH is 1. The standard InChI is InChI=1S/C45H59F2N11O6/c1-44(43(64)51-16-5-4-15-50-33-9-6-8-30-39(33)42(63)58(41(30)62)34(10-7-21-59)40(61)49-3)11-17-55(18-12-44)25-29-22-32(47)35(23-31(29)46)57-26-38(60)54-45(27-57)13-19-56(20-14-45)37-24-36(48-2)52-28-53-37/h6,8-9,21-24,28,34,41,50,62H,4-5,7,10-20,25-27H2,1-3H3,(H,49,61)(H,51,64)(H,54,60)(H,48,52,53). The number of carbonyl (C=O) groups excluding carboxylic acids is 5. The molecule has 5 heterocycles. The molecule has 6 N–H and O–H groups in total. The van der Waals surface area contributed by atoms with Crippen LogP contribution in [0.4, 0.5) is 31.8 Å². The molecule has 3 saturated heterocycles. The van der Waals surface area contributed by atoms with Crippen LogP contribution in [0.2, 0.25) is 0 Å². The fourth-order valence-electron chi connectivity index (χ4n) is 9.41. The first-order valence-corrected chi connectivity index (χ1v) is 22.1. The number of aldehydes is 1. The first kappa shape index (κ1) is 46.1. The Morgan fingerprint density at radius 3 is 2.45 bits per heavy atom. The summed E-state index contributed by atoms with van der Waals surface area (Å²) in [6.07, 6.45) is 4.64. The Bertz CT molecular complexity index is 2210. The van der Waals surface area contributed by atoms with Gasteiger partial charge >= 0.3 is 0 Å². The van der Waals surface area contributed by atoms with E-state index in [9.17, 15) is 29.1 Å². The second kappa shape index (κ2) is 19.8. The quantitative estimate of drug-likeness (QED) is 0.0854. The van der Waals surface area contributed by atoms with Crippen molar-refractivity contribution >= 4 is 52.9 Å². The Hall–Kier alpha value is -5.95. The van der Waals surface area contributed by atoms with Gasteiger partial charge < -0.3 is 46.3 Å². The summed E-state index contributed by atoms with van der Waals surface area (Å²) in [4.78, 5) is 79.0. The number of nitrogens with zero attached hydrogens (tertiary/aromatic N) is 6. The van der Waals surface area contributed by atoms with E-state index in [1.807, 2.05) is 17.9 Å². The first-order valence-electron chi connectivity index (χ1n) is 22.1. The number of fused-ring (bicyclic) bond motifs is 1. The third kappa shape index (κ3) is 9.89. The number of aliphatic hydroxyl groups is 1. The van der Waals surface area contributed by atoms with Gasteiger partial charge in [0.2, 0.25) is 17.7 Å². The number of benzene rings is 2. The lowest BCUT2D eigenvalue weighted by molar-refractivity contribution is -0.133. The van der Waals surface area contributed by atoms with Crippen molar-refractivity contribution in [2.24, 2.45) is 5.41 Å². The molecule has 4 aliphatic heterocycles. The number of aromatic nitrogens is 2. The fraction of sp³-hybridized carbons (Fsp3) is 0.533. The van der Waals surface area contributed by atoms with Crippen LogP contribution in [0.5, 0.6) is 0 Å². The van der Waals surface area contributed by atoms with E-state index in [4.69, 9.17) is 0 Å². The normalized spacial score (nSPS) is 19.8. The molecule has 2 unspecified atom stereocenters. The Kier molecular flexibility index (Phi) is 14.3. The zero-order valence-corrected chi connectivity index (χ0v) is 36.7. The number of carbonyl (C=O) groups is 5. The second-order valence-electron chi connectivity index (χ2n) is 17.5. The number of nitrogens with one attached hydrogen (secondary N) is 5. The van der Waals surface area contributed by atoms with E-state index in [0.717, 1.165) is 10.7 Å². The third-order valence-electron chi connectivity index (χ3n) is 13.3. The van der Waals surface area contributed by atoms with Crippen molar-refractivity contribution in [1.82, 2.24) is 35.7 Å². The number of likely N-dealkylation sites (tertiary alicyclic amines) is 1. The van der Waals surface area contributed by atoms with E-state index < -0.39 is 46.7 Å². The monoisotopic (exact) mass is 887 g/mol. The number of amides is 4. The Balaban J connectivity index is 0.854. The van der Waals surface area contributed by atoms with E-state index in [1.165, 1.54) is 25.5 Å². The average molecular weight is 888 g/mol. The molecule has 1 aromatic heterocycles. The molecule has 1 spiro atoms. The van der Waals surface area contributed by atoms with E-state index in [2.05, 4.69) is 41.5 Å². The molecule has 3 aromatic rings. The number of hydrogen-bond acceptors (Lipinski definition) is 13. The Labute approximate surface area is 371 Å². The molecule has 7 rings (SSSR count).